The number of carbonyl (C=O) groups excluding carboxylic acids is 1. The number of piperazine rings is 1. The summed E-state index contributed by atoms with van der Waals surface area (Å²) < 4.78 is 14.0. The van der Waals surface area contributed by atoms with Crippen LogP contribution in [0.3, 0.4) is 0 Å². The second-order valence-corrected chi connectivity index (χ2v) is 5.51. The van der Waals surface area contributed by atoms with Crippen molar-refractivity contribution in [1.82, 2.24) is 9.80 Å². The third-order valence-electron chi connectivity index (χ3n) is 4.07. The van der Waals surface area contributed by atoms with Crippen LogP contribution in [0.5, 0.6) is 0 Å². The summed E-state index contributed by atoms with van der Waals surface area (Å²) in [6, 6.07) is 5.56. The van der Waals surface area contributed by atoms with Crippen LogP contribution in [0.4, 0.5) is 4.39 Å². The lowest BCUT2D eigenvalue weighted by Crippen LogP contribution is -2.56. The van der Waals surface area contributed by atoms with Gasteiger partial charge in [-0.05, 0) is 39.4 Å². The summed E-state index contributed by atoms with van der Waals surface area (Å²) in [4.78, 5) is 16.4. The van der Waals surface area contributed by atoms with Crippen LogP contribution < -0.4 is 0 Å². The van der Waals surface area contributed by atoms with Crippen molar-refractivity contribution in [3.63, 3.8) is 0 Å². The number of rotatable bonds is 1. The van der Waals surface area contributed by atoms with Crippen molar-refractivity contribution < 1.29 is 9.18 Å². The molecule has 2 unspecified atom stereocenters. The quantitative estimate of drug-likeness (QED) is 0.777. The standard InChI is InChI=1S/C15H21FN2O/c1-10-6-5-7-13(14(10)16)15(19)18-8-11(2)17(4)12(3)9-18/h5-7,11-12H,8-9H2,1-4H3. The largest absolute Gasteiger partial charge is 0.335 e. The number of likely N-dealkylation sites (N-methyl/N-ethyl adjacent to an activating group) is 1. The molecule has 0 bridgehead atoms. The van der Waals surface area contributed by atoms with Crippen molar-refractivity contribution in [3.05, 3.63) is 35.1 Å². The smallest absolute Gasteiger partial charge is 0.256 e. The Kier molecular flexibility index (Phi) is 3.90. The average molecular weight is 264 g/mol. The zero-order chi connectivity index (χ0) is 14.2. The summed E-state index contributed by atoms with van der Waals surface area (Å²) in [6.45, 7) is 7.15. The molecule has 0 aromatic heterocycles. The van der Waals surface area contributed by atoms with E-state index in [1.165, 1.54) is 0 Å². The molecule has 1 fully saturated rings. The van der Waals surface area contributed by atoms with E-state index in [2.05, 4.69) is 25.8 Å². The first kappa shape index (κ1) is 14.0. The van der Waals surface area contributed by atoms with Crippen molar-refractivity contribution in [1.29, 1.82) is 0 Å². The molecule has 1 heterocycles. The molecular weight excluding hydrogens is 243 g/mol. The summed E-state index contributed by atoms with van der Waals surface area (Å²) >= 11 is 0. The first-order valence-corrected chi connectivity index (χ1v) is 6.68. The van der Waals surface area contributed by atoms with Crippen LogP contribution in [0.2, 0.25) is 0 Å². The van der Waals surface area contributed by atoms with Gasteiger partial charge in [-0.25, -0.2) is 4.39 Å². The molecular formula is C15H21FN2O. The Labute approximate surface area is 114 Å². The zero-order valence-electron chi connectivity index (χ0n) is 12.0. The maximum absolute atomic E-state index is 14.0. The van der Waals surface area contributed by atoms with Crippen molar-refractivity contribution in [3.8, 4) is 0 Å². The van der Waals surface area contributed by atoms with E-state index in [0.29, 0.717) is 30.7 Å². The molecule has 2 atom stereocenters. The highest BCUT2D eigenvalue weighted by Crippen LogP contribution is 2.19. The number of nitrogens with zero attached hydrogens (tertiary/aromatic N) is 2. The normalized spacial score (nSPS) is 24.6. The summed E-state index contributed by atoms with van der Waals surface area (Å²) in [5.41, 5.74) is 0.699. The number of halogens is 1. The van der Waals surface area contributed by atoms with E-state index >= 15 is 0 Å². The minimum Gasteiger partial charge on any atom is -0.335 e. The first-order valence-electron chi connectivity index (χ1n) is 6.68. The van der Waals surface area contributed by atoms with Crippen LogP contribution in [-0.2, 0) is 0 Å². The van der Waals surface area contributed by atoms with E-state index < -0.39 is 5.82 Å². The lowest BCUT2D eigenvalue weighted by Gasteiger charge is -2.42. The summed E-state index contributed by atoms with van der Waals surface area (Å²) in [7, 11) is 2.06. The van der Waals surface area contributed by atoms with Gasteiger partial charge in [0.1, 0.15) is 5.82 Å². The maximum Gasteiger partial charge on any atom is 0.256 e. The fourth-order valence-corrected chi connectivity index (χ4v) is 2.55. The molecule has 0 radical (unpaired) electrons. The number of hydrogen-bond acceptors (Lipinski definition) is 2. The van der Waals surface area contributed by atoms with Gasteiger partial charge in [-0.1, -0.05) is 12.1 Å². The molecule has 104 valence electrons. The molecule has 1 saturated heterocycles. The highest BCUT2D eigenvalue weighted by molar-refractivity contribution is 5.94. The van der Waals surface area contributed by atoms with Gasteiger partial charge in [-0.2, -0.15) is 0 Å². The van der Waals surface area contributed by atoms with Crippen LogP contribution in [-0.4, -0.2) is 47.9 Å². The van der Waals surface area contributed by atoms with Crippen LogP contribution in [0.1, 0.15) is 29.8 Å². The average Bonchev–Trinajstić information content (AvgIpc) is 2.38. The molecule has 1 aromatic carbocycles. The summed E-state index contributed by atoms with van der Waals surface area (Å²) in [5, 5.41) is 0. The van der Waals surface area contributed by atoms with E-state index in [9.17, 15) is 9.18 Å². The molecule has 0 aliphatic carbocycles. The van der Waals surface area contributed by atoms with Crippen LogP contribution in [0.15, 0.2) is 18.2 Å². The van der Waals surface area contributed by atoms with Gasteiger partial charge in [-0.3, -0.25) is 9.69 Å². The molecule has 1 aliphatic heterocycles. The predicted octanol–water partition coefficient (Wildman–Crippen LogP) is 2.30. The Morgan fingerprint density at radius 3 is 2.42 bits per heavy atom. The van der Waals surface area contributed by atoms with Gasteiger partial charge >= 0.3 is 0 Å². The van der Waals surface area contributed by atoms with E-state index in [1.807, 2.05) is 0 Å². The third-order valence-corrected chi connectivity index (χ3v) is 4.07. The number of carbonyl (C=O) groups is 1. The van der Waals surface area contributed by atoms with Crippen LogP contribution >= 0.6 is 0 Å². The molecule has 1 aromatic rings. The number of hydrogen-bond donors (Lipinski definition) is 0. The SMILES string of the molecule is Cc1cccc(C(=O)N2CC(C)N(C)C(C)C2)c1F. The molecule has 0 saturated carbocycles. The lowest BCUT2D eigenvalue weighted by atomic mass is 10.1. The molecule has 0 spiro atoms. The highest BCUT2D eigenvalue weighted by atomic mass is 19.1. The molecule has 0 N–H and O–H groups in total. The van der Waals surface area contributed by atoms with Gasteiger partial charge < -0.3 is 4.90 Å². The third kappa shape index (κ3) is 2.63. The molecule has 19 heavy (non-hydrogen) atoms. The Morgan fingerprint density at radius 2 is 1.84 bits per heavy atom. The minimum atomic E-state index is -0.397. The van der Waals surface area contributed by atoms with Gasteiger partial charge in [-0.15, -0.1) is 0 Å². The van der Waals surface area contributed by atoms with Crippen molar-refractivity contribution >= 4 is 5.91 Å². The fourth-order valence-electron chi connectivity index (χ4n) is 2.55. The molecule has 2 rings (SSSR count). The predicted molar refractivity (Wildman–Crippen MR) is 73.7 cm³/mol. The van der Waals surface area contributed by atoms with Crippen LogP contribution in [0.25, 0.3) is 0 Å². The Bertz CT molecular complexity index is 477. The van der Waals surface area contributed by atoms with Gasteiger partial charge in [0.2, 0.25) is 0 Å². The first-order chi connectivity index (χ1) is 8.91. The molecule has 1 amide bonds. The topological polar surface area (TPSA) is 23.6 Å². The van der Waals surface area contributed by atoms with Gasteiger partial charge in [0, 0.05) is 25.2 Å². The van der Waals surface area contributed by atoms with E-state index in [0.717, 1.165) is 0 Å². The Hall–Kier alpha value is -1.42. The number of amides is 1. The van der Waals surface area contributed by atoms with Gasteiger partial charge in [0.05, 0.1) is 5.56 Å². The fraction of sp³-hybridized carbons (Fsp3) is 0.533. The van der Waals surface area contributed by atoms with Gasteiger partial charge in [0.15, 0.2) is 0 Å². The molecule has 3 nitrogen and oxygen atoms in total. The van der Waals surface area contributed by atoms with Crippen molar-refractivity contribution in [2.24, 2.45) is 0 Å². The van der Waals surface area contributed by atoms with Crippen molar-refractivity contribution in [2.45, 2.75) is 32.9 Å². The second-order valence-electron chi connectivity index (χ2n) is 5.51. The van der Waals surface area contributed by atoms with Crippen LogP contribution in [0, 0.1) is 12.7 Å². The van der Waals surface area contributed by atoms with E-state index in [-0.39, 0.29) is 11.5 Å². The Balaban J connectivity index is 2.23. The zero-order valence-corrected chi connectivity index (χ0v) is 12.0. The highest BCUT2D eigenvalue weighted by Gasteiger charge is 2.30. The maximum atomic E-state index is 14.0. The van der Waals surface area contributed by atoms with E-state index in [1.54, 1.807) is 30.0 Å². The summed E-state index contributed by atoms with van der Waals surface area (Å²) in [5.74, 6) is -0.597. The summed E-state index contributed by atoms with van der Waals surface area (Å²) in [6.07, 6.45) is 0. The molecule has 4 heteroatoms. The second kappa shape index (κ2) is 5.29. The van der Waals surface area contributed by atoms with Crippen molar-refractivity contribution in [2.75, 3.05) is 20.1 Å². The number of benzene rings is 1. The van der Waals surface area contributed by atoms with Gasteiger partial charge in [0.25, 0.3) is 5.91 Å². The van der Waals surface area contributed by atoms with E-state index in [4.69, 9.17) is 0 Å². The molecule has 1 aliphatic rings. The Morgan fingerprint density at radius 1 is 1.26 bits per heavy atom. The monoisotopic (exact) mass is 264 g/mol. The minimum absolute atomic E-state index is 0.184. The number of aryl methyl sites for hydroxylation is 1. The lowest BCUT2D eigenvalue weighted by molar-refractivity contribution is 0.0410.